The first-order chi connectivity index (χ1) is 7.66. The van der Waals surface area contributed by atoms with Crippen LogP contribution in [0.2, 0.25) is 0 Å². The largest absolute Gasteiger partial charge is 0.399 e. The van der Waals surface area contributed by atoms with Gasteiger partial charge in [-0.15, -0.1) is 0 Å². The molecule has 0 amide bonds. The number of aromatic nitrogens is 4. The van der Waals surface area contributed by atoms with Crippen molar-refractivity contribution in [1.29, 1.82) is 0 Å². The van der Waals surface area contributed by atoms with Gasteiger partial charge in [-0.25, -0.2) is 10.1 Å². The fourth-order valence-corrected chi connectivity index (χ4v) is 1.94. The number of aromatic amines is 1. The summed E-state index contributed by atoms with van der Waals surface area (Å²) < 4.78 is 2.02. The van der Waals surface area contributed by atoms with Crippen LogP contribution in [0.3, 0.4) is 0 Å². The Morgan fingerprint density at radius 2 is 2.19 bits per heavy atom. The zero-order valence-corrected chi connectivity index (χ0v) is 9.23. The second kappa shape index (κ2) is 2.98. The Morgan fingerprint density at radius 1 is 1.38 bits per heavy atom. The van der Waals surface area contributed by atoms with E-state index in [0.717, 1.165) is 28.3 Å². The first-order valence-corrected chi connectivity index (χ1v) is 5.29. The van der Waals surface area contributed by atoms with Gasteiger partial charge in [0.25, 0.3) is 0 Å². The molecule has 0 bridgehead atoms. The predicted octanol–water partition coefficient (Wildman–Crippen LogP) is 1.92. The van der Waals surface area contributed by atoms with E-state index in [2.05, 4.69) is 29.0 Å². The van der Waals surface area contributed by atoms with Crippen LogP contribution in [0.15, 0.2) is 18.2 Å². The quantitative estimate of drug-likeness (QED) is 0.609. The number of hydrogen-bond acceptors (Lipinski definition) is 3. The fraction of sp³-hybridized carbons (Fsp3) is 0.273. The minimum Gasteiger partial charge on any atom is -0.399 e. The first kappa shape index (κ1) is 9.21. The van der Waals surface area contributed by atoms with Crippen molar-refractivity contribution in [2.75, 3.05) is 5.73 Å². The van der Waals surface area contributed by atoms with Crippen LogP contribution in [0.25, 0.3) is 16.8 Å². The van der Waals surface area contributed by atoms with Crippen molar-refractivity contribution >= 4 is 22.5 Å². The highest BCUT2D eigenvalue weighted by Crippen LogP contribution is 2.22. The van der Waals surface area contributed by atoms with E-state index in [0.29, 0.717) is 5.92 Å². The topological polar surface area (TPSA) is 72.0 Å². The molecule has 0 saturated heterocycles. The van der Waals surface area contributed by atoms with Crippen molar-refractivity contribution in [3.63, 3.8) is 0 Å². The molecule has 0 atom stereocenters. The standard InChI is InChI=1S/C11H13N5/c1-6(2)10-14-15-11-13-8-4-3-7(12)5-9(8)16(10)11/h3-6H,12H2,1-2H3,(H,13,15). The molecule has 0 aliphatic carbocycles. The molecule has 82 valence electrons. The third-order valence-electron chi connectivity index (χ3n) is 2.69. The Hall–Kier alpha value is -2.04. The van der Waals surface area contributed by atoms with Crippen molar-refractivity contribution in [1.82, 2.24) is 19.6 Å². The van der Waals surface area contributed by atoms with Gasteiger partial charge in [0.05, 0.1) is 11.0 Å². The number of nitrogens with two attached hydrogens (primary N) is 1. The number of nitrogens with one attached hydrogen (secondary N) is 1. The lowest BCUT2D eigenvalue weighted by molar-refractivity contribution is 0.766. The number of imidazole rings is 1. The van der Waals surface area contributed by atoms with Gasteiger partial charge in [-0.2, -0.15) is 5.10 Å². The van der Waals surface area contributed by atoms with E-state index in [4.69, 9.17) is 5.73 Å². The zero-order valence-electron chi connectivity index (χ0n) is 9.23. The van der Waals surface area contributed by atoms with E-state index in [1.54, 1.807) is 0 Å². The van der Waals surface area contributed by atoms with Crippen molar-refractivity contribution in [3.05, 3.63) is 24.0 Å². The molecule has 0 aliphatic rings. The van der Waals surface area contributed by atoms with Crippen molar-refractivity contribution in [3.8, 4) is 0 Å². The molecule has 2 aromatic heterocycles. The van der Waals surface area contributed by atoms with E-state index in [-0.39, 0.29) is 0 Å². The Balaban J connectivity index is 2.47. The van der Waals surface area contributed by atoms with Crippen LogP contribution in [-0.2, 0) is 0 Å². The van der Waals surface area contributed by atoms with Crippen LogP contribution in [0.4, 0.5) is 5.69 Å². The van der Waals surface area contributed by atoms with E-state index in [1.807, 2.05) is 22.6 Å². The van der Waals surface area contributed by atoms with Gasteiger partial charge in [0.15, 0.2) is 0 Å². The SMILES string of the molecule is CC(C)c1n[nH]c2nc3ccc(N)cc3n12. The molecule has 0 unspecified atom stereocenters. The average molecular weight is 215 g/mol. The number of benzene rings is 1. The fourth-order valence-electron chi connectivity index (χ4n) is 1.94. The van der Waals surface area contributed by atoms with Gasteiger partial charge in [0.2, 0.25) is 5.78 Å². The normalized spacial score (nSPS) is 11.9. The third-order valence-corrected chi connectivity index (χ3v) is 2.69. The first-order valence-electron chi connectivity index (χ1n) is 5.29. The van der Waals surface area contributed by atoms with E-state index >= 15 is 0 Å². The molecule has 3 N–H and O–H groups in total. The summed E-state index contributed by atoms with van der Waals surface area (Å²) in [6, 6.07) is 5.71. The van der Waals surface area contributed by atoms with Crippen LogP contribution in [0, 0.1) is 0 Å². The van der Waals surface area contributed by atoms with Gasteiger partial charge < -0.3 is 5.73 Å². The molecule has 0 aliphatic heterocycles. The van der Waals surface area contributed by atoms with Crippen molar-refractivity contribution < 1.29 is 0 Å². The van der Waals surface area contributed by atoms with Gasteiger partial charge in [0, 0.05) is 11.6 Å². The minimum absolute atomic E-state index is 0.340. The highest BCUT2D eigenvalue weighted by molar-refractivity contribution is 5.82. The maximum atomic E-state index is 5.80. The number of rotatable bonds is 1. The molecule has 5 heteroatoms. The number of hydrogen-bond donors (Lipinski definition) is 2. The molecule has 0 spiro atoms. The van der Waals surface area contributed by atoms with Gasteiger partial charge >= 0.3 is 0 Å². The summed E-state index contributed by atoms with van der Waals surface area (Å²) in [5.74, 6) is 2.08. The Kier molecular flexibility index (Phi) is 1.71. The lowest BCUT2D eigenvalue weighted by atomic mass is 10.2. The number of H-pyrrole nitrogens is 1. The number of nitrogen functional groups attached to an aromatic ring is 1. The number of anilines is 1. The van der Waals surface area contributed by atoms with E-state index < -0.39 is 0 Å². The summed E-state index contributed by atoms with van der Waals surface area (Å²) in [6.07, 6.45) is 0. The molecule has 0 fully saturated rings. The Bertz CT molecular complexity index is 661. The molecular formula is C11H13N5. The monoisotopic (exact) mass is 215 g/mol. The average Bonchev–Trinajstić information content (AvgIpc) is 2.76. The lowest BCUT2D eigenvalue weighted by Gasteiger charge is -2.01. The summed E-state index contributed by atoms with van der Waals surface area (Å²) in [7, 11) is 0. The maximum Gasteiger partial charge on any atom is 0.230 e. The molecule has 1 aromatic carbocycles. The van der Waals surface area contributed by atoms with Crippen LogP contribution >= 0.6 is 0 Å². The second-order valence-electron chi connectivity index (χ2n) is 4.26. The Morgan fingerprint density at radius 3 is 2.94 bits per heavy atom. The summed E-state index contributed by atoms with van der Waals surface area (Å²) >= 11 is 0. The van der Waals surface area contributed by atoms with E-state index in [9.17, 15) is 0 Å². The molecular weight excluding hydrogens is 202 g/mol. The number of fused-ring (bicyclic) bond motifs is 3. The molecule has 5 nitrogen and oxygen atoms in total. The zero-order chi connectivity index (χ0) is 11.3. The van der Waals surface area contributed by atoms with Crippen LogP contribution in [-0.4, -0.2) is 19.6 Å². The number of nitrogens with zero attached hydrogens (tertiary/aromatic N) is 3. The van der Waals surface area contributed by atoms with Crippen molar-refractivity contribution in [2.45, 2.75) is 19.8 Å². The molecule has 3 aromatic rings. The molecule has 16 heavy (non-hydrogen) atoms. The summed E-state index contributed by atoms with van der Waals surface area (Å²) in [4.78, 5) is 4.45. The van der Waals surface area contributed by atoms with Crippen LogP contribution < -0.4 is 5.73 Å². The summed E-state index contributed by atoms with van der Waals surface area (Å²) in [6.45, 7) is 4.21. The predicted molar refractivity (Wildman–Crippen MR) is 63.3 cm³/mol. The van der Waals surface area contributed by atoms with Gasteiger partial charge in [-0.3, -0.25) is 4.40 Å². The van der Waals surface area contributed by atoms with Gasteiger partial charge in [-0.1, -0.05) is 13.8 Å². The van der Waals surface area contributed by atoms with E-state index in [1.165, 1.54) is 0 Å². The van der Waals surface area contributed by atoms with Gasteiger partial charge in [-0.05, 0) is 18.2 Å². The van der Waals surface area contributed by atoms with Crippen molar-refractivity contribution in [2.24, 2.45) is 0 Å². The molecule has 0 radical (unpaired) electrons. The Labute approximate surface area is 92.3 Å². The summed E-state index contributed by atoms with van der Waals surface area (Å²) in [5.41, 5.74) is 8.48. The van der Waals surface area contributed by atoms with Crippen LogP contribution in [0.1, 0.15) is 25.6 Å². The van der Waals surface area contributed by atoms with Gasteiger partial charge in [0.1, 0.15) is 5.82 Å². The molecule has 3 rings (SSSR count). The minimum atomic E-state index is 0.340. The lowest BCUT2D eigenvalue weighted by Crippen LogP contribution is -1.96. The highest BCUT2D eigenvalue weighted by atomic mass is 15.3. The maximum absolute atomic E-state index is 5.80. The highest BCUT2D eigenvalue weighted by Gasteiger charge is 2.13. The smallest absolute Gasteiger partial charge is 0.230 e. The molecule has 2 heterocycles. The third kappa shape index (κ3) is 1.11. The second-order valence-corrected chi connectivity index (χ2v) is 4.26. The van der Waals surface area contributed by atoms with Crippen LogP contribution in [0.5, 0.6) is 0 Å². The molecule has 0 saturated carbocycles. The summed E-state index contributed by atoms with van der Waals surface area (Å²) in [5, 5.41) is 7.21.